The maximum atomic E-state index is 7.83. The number of halogens is 1. The third-order valence-corrected chi connectivity index (χ3v) is 3.04. The van der Waals surface area contributed by atoms with Gasteiger partial charge in [0.05, 0.1) is 0 Å². The quantitative estimate of drug-likeness (QED) is 0.755. The molecule has 1 aromatic rings. The van der Waals surface area contributed by atoms with Crippen LogP contribution in [0.5, 0.6) is 0 Å². The van der Waals surface area contributed by atoms with Crippen molar-refractivity contribution in [3.63, 3.8) is 0 Å². The first kappa shape index (κ1) is 14.9. The Balaban J connectivity index is 2.69. The van der Waals surface area contributed by atoms with Crippen molar-refractivity contribution in [1.82, 2.24) is 0 Å². The fourth-order valence-electron chi connectivity index (χ4n) is 1.83. The third kappa shape index (κ3) is 5.03. The summed E-state index contributed by atoms with van der Waals surface area (Å²) in [6, 6.07) is 6.04. The molecule has 2 nitrogen and oxygen atoms in total. The van der Waals surface area contributed by atoms with Crippen molar-refractivity contribution in [3.8, 4) is 0 Å². The maximum absolute atomic E-state index is 7.83. The lowest BCUT2D eigenvalue weighted by Gasteiger charge is -2.07. The van der Waals surface area contributed by atoms with Gasteiger partial charge in [-0.15, -0.1) is 0 Å². The van der Waals surface area contributed by atoms with Gasteiger partial charge in [-0.25, -0.2) is 0 Å². The van der Waals surface area contributed by atoms with Gasteiger partial charge < -0.3 is 11.1 Å². The molecular formula is C15H21ClN2. The van der Waals surface area contributed by atoms with E-state index in [1.54, 1.807) is 0 Å². The average molecular weight is 265 g/mol. The first-order valence-corrected chi connectivity index (χ1v) is 6.60. The molecule has 0 spiro atoms. The fourth-order valence-corrected chi connectivity index (χ4v) is 2.04. The molecule has 0 aliphatic rings. The van der Waals surface area contributed by atoms with Crippen LogP contribution >= 0.6 is 11.6 Å². The Morgan fingerprint density at radius 2 is 2.06 bits per heavy atom. The highest BCUT2D eigenvalue weighted by Crippen LogP contribution is 2.19. The van der Waals surface area contributed by atoms with Gasteiger partial charge in [-0.1, -0.05) is 29.3 Å². The lowest BCUT2D eigenvalue weighted by molar-refractivity contribution is 0.955. The van der Waals surface area contributed by atoms with Crippen molar-refractivity contribution in [3.05, 3.63) is 46.0 Å². The van der Waals surface area contributed by atoms with Crippen LogP contribution in [0, 0.1) is 5.41 Å². The average Bonchev–Trinajstić information content (AvgIpc) is 2.29. The molecule has 0 amide bonds. The molecule has 0 heterocycles. The SMILES string of the molecule is CC(C)=CC(=N)CCc1cc(CCN)ccc1Cl. The minimum Gasteiger partial charge on any atom is -0.330 e. The molecule has 3 heteroatoms. The van der Waals surface area contributed by atoms with Gasteiger partial charge in [0, 0.05) is 10.7 Å². The van der Waals surface area contributed by atoms with Gasteiger partial charge in [0.1, 0.15) is 0 Å². The van der Waals surface area contributed by atoms with Gasteiger partial charge in [-0.05, 0) is 62.9 Å². The maximum Gasteiger partial charge on any atom is 0.0438 e. The number of hydrogen-bond acceptors (Lipinski definition) is 2. The molecule has 0 radical (unpaired) electrons. The highest BCUT2D eigenvalue weighted by atomic mass is 35.5. The van der Waals surface area contributed by atoms with Crippen LogP contribution in [0.3, 0.4) is 0 Å². The zero-order valence-corrected chi connectivity index (χ0v) is 11.8. The van der Waals surface area contributed by atoms with E-state index in [0.29, 0.717) is 12.3 Å². The summed E-state index contributed by atoms with van der Waals surface area (Å²) in [4.78, 5) is 0. The molecule has 0 aliphatic carbocycles. The molecule has 98 valence electrons. The minimum absolute atomic E-state index is 0.647. The molecule has 18 heavy (non-hydrogen) atoms. The zero-order valence-electron chi connectivity index (χ0n) is 11.1. The predicted octanol–water partition coefficient (Wildman–Crippen LogP) is 3.76. The third-order valence-electron chi connectivity index (χ3n) is 2.67. The first-order chi connectivity index (χ1) is 8.52. The van der Waals surface area contributed by atoms with Crippen molar-refractivity contribution in [2.45, 2.75) is 33.1 Å². The first-order valence-electron chi connectivity index (χ1n) is 6.22. The van der Waals surface area contributed by atoms with Gasteiger partial charge in [-0.3, -0.25) is 0 Å². The van der Waals surface area contributed by atoms with Gasteiger partial charge in [0.25, 0.3) is 0 Å². The van der Waals surface area contributed by atoms with Gasteiger partial charge in [0.15, 0.2) is 0 Å². The molecule has 0 saturated heterocycles. The van der Waals surface area contributed by atoms with Crippen molar-refractivity contribution < 1.29 is 0 Å². The molecule has 1 aromatic carbocycles. The molecule has 0 bridgehead atoms. The molecule has 0 aliphatic heterocycles. The van der Waals surface area contributed by atoms with Crippen LogP contribution in [0.4, 0.5) is 0 Å². The van der Waals surface area contributed by atoms with Gasteiger partial charge >= 0.3 is 0 Å². The smallest absolute Gasteiger partial charge is 0.0438 e. The lowest BCUT2D eigenvalue weighted by Crippen LogP contribution is -2.03. The highest BCUT2D eigenvalue weighted by Gasteiger charge is 2.03. The molecule has 0 aromatic heterocycles. The molecule has 1 rings (SSSR count). The Morgan fingerprint density at radius 1 is 1.33 bits per heavy atom. The second-order valence-electron chi connectivity index (χ2n) is 4.71. The standard InChI is InChI=1S/C15H21ClN2/c1-11(2)9-14(18)5-4-13-10-12(7-8-17)3-6-15(13)16/h3,6,9-10,18H,4-5,7-8,17H2,1-2H3. The Kier molecular flexibility index (Phi) is 6.10. The molecule has 0 atom stereocenters. The van der Waals surface area contributed by atoms with E-state index in [1.165, 1.54) is 5.56 Å². The van der Waals surface area contributed by atoms with Crippen LogP contribution in [0.2, 0.25) is 5.02 Å². The largest absolute Gasteiger partial charge is 0.330 e. The van der Waals surface area contributed by atoms with E-state index in [-0.39, 0.29) is 0 Å². The summed E-state index contributed by atoms with van der Waals surface area (Å²) in [6.07, 6.45) is 4.30. The summed E-state index contributed by atoms with van der Waals surface area (Å²) in [5, 5.41) is 8.61. The number of aryl methyl sites for hydroxylation is 1. The number of rotatable bonds is 6. The number of benzene rings is 1. The van der Waals surface area contributed by atoms with E-state index in [1.807, 2.05) is 32.1 Å². The highest BCUT2D eigenvalue weighted by molar-refractivity contribution is 6.31. The summed E-state index contributed by atoms with van der Waals surface area (Å²) >= 11 is 6.17. The van der Waals surface area contributed by atoms with E-state index < -0.39 is 0 Å². The second-order valence-corrected chi connectivity index (χ2v) is 5.12. The lowest BCUT2D eigenvalue weighted by atomic mass is 10.0. The summed E-state index contributed by atoms with van der Waals surface area (Å²) in [5.74, 6) is 0. The van der Waals surface area contributed by atoms with Crippen LogP contribution in [-0.4, -0.2) is 12.3 Å². The van der Waals surface area contributed by atoms with Crippen LogP contribution in [-0.2, 0) is 12.8 Å². The van der Waals surface area contributed by atoms with Gasteiger partial charge in [0.2, 0.25) is 0 Å². The summed E-state index contributed by atoms with van der Waals surface area (Å²) in [7, 11) is 0. The zero-order chi connectivity index (χ0) is 13.5. The monoisotopic (exact) mass is 264 g/mol. The van der Waals surface area contributed by atoms with Crippen LogP contribution in [0.15, 0.2) is 29.8 Å². The second kappa shape index (κ2) is 7.34. The van der Waals surface area contributed by atoms with E-state index >= 15 is 0 Å². The minimum atomic E-state index is 0.647. The molecular weight excluding hydrogens is 244 g/mol. The molecule has 0 fully saturated rings. The Hall–Kier alpha value is -1.12. The van der Waals surface area contributed by atoms with Crippen molar-refractivity contribution in [1.29, 1.82) is 5.41 Å². The van der Waals surface area contributed by atoms with Crippen molar-refractivity contribution in [2.75, 3.05) is 6.54 Å². The number of nitrogens with two attached hydrogens (primary N) is 1. The van der Waals surface area contributed by atoms with E-state index in [9.17, 15) is 0 Å². The van der Waals surface area contributed by atoms with E-state index in [2.05, 4.69) is 6.07 Å². The molecule has 3 N–H and O–H groups in total. The predicted molar refractivity (Wildman–Crippen MR) is 79.7 cm³/mol. The Morgan fingerprint density at radius 3 is 2.67 bits per heavy atom. The number of nitrogens with one attached hydrogen (secondary N) is 1. The summed E-state index contributed by atoms with van der Waals surface area (Å²) in [6.45, 7) is 4.65. The van der Waals surface area contributed by atoms with Crippen LogP contribution in [0.25, 0.3) is 0 Å². The van der Waals surface area contributed by atoms with Crippen LogP contribution < -0.4 is 5.73 Å². The summed E-state index contributed by atoms with van der Waals surface area (Å²) in [5.41, 5.74) is 9.67. The van der Waals surface area contributed by atoms with E-state index in [0.717, 1.165) is 35.4 Å². The van der Waals surface area contributed by atoms with Crippen molar-refractivity contribution in [2.24, 2.45) is 5.73 Å². The van der Waals surface area contributed by atoms with Crippen molar-refractivity contribution >= 4 is 17.3 Å². The number of hydrogen-bond donors (Lipinski definition) is 2. The van der Waals surface area contributed by atoms with E-state index in [4.69, 9.17) is 22.7 Å². The molecule has 0 unspecified atom stereocenters. The van der Waals surface area contributed by atoms with Crippen LogP contribution in [0.1, 0.15) is 31.4 Å². The Labute approximate surface area is 114 Å². The number of allylic oxidation sites excluding steroid dienone is 2. The topological polar surface area (TPSA) is 49.9 Å². The fraction of sp³-hybridized carbons (Fsp3) is 0.400. The Bertz CT molecular complexity index is 446. The van der Waals surface area contributed by atoms with Gasteiger partial charge in [-0.2, -0.15) is 0 Å². The summed E-state index contributed by atoms with van der Waals surface area (Å²) < 4.78 is 0. The molecule has 0 saturated carbocycles. The normalized spacial score (nSPS) is 10.2.